The predicted octanol–water partition coefficient (Wildman–Crippen LogP) is 2.29. The summed E-state index contributed by atoms with van der Waals surface area (Å²) in [6, 6.07) is 2.80. The van der Waals surface area contributed by atoms with Crippen molar-refractivity contribution in [3.05, 3.63) is 0 Å². The van der Waals surface area contributed by atoms with E-state index in [9.17, 15) is 0 Å². The molecule has 0 unspecified atom stereocenters. The SMILES string of the molecule is CC(C)N[C@H]1CC[C@@H](NC(C)C)CC1. The van der Waals surface area contributed by atoms with Gasteiger partial charge in [0.2, 0.25) is 0 Å². The van der Waals surface area contributed by atoms with Crippen LogP contribution in [0.3, 0.4) is 0 Å². The predicted molar refractivity (Wildman–Crippen MR) is 62.6 cm³/mol. The van der Waals surface area contributed by atoms with E-state index >= 15 is 0 Å². The van der Waals surface area contributed by atoms with Gasteiger partial charge in [-0.1, -0.05) is 27.7 Å². The highest BCUT2D eigenvalue weighted by atomic mass is 15.0. The van der Waals surface area contributed by atoms with Gasteiger partial charge >= 0.3 is 0 Å². The van der Waals surface area contributed by atoms with Crippen molar-refractivity contribution in [2.75, 3.05) is 0 Å². The normalized spacial score (nSPS) is 28.7. The van der Waals surface area contributed by atoms with E-state index in [0.717, 1.165) is 12.1 Å². The second-order valence-electron chi connectivity index (χ2n) is 5.19. The van der Waals surface area contributed by atoms with Gasteiger partial charge in [0.1, 0.15) is 0 Å². The summed E-state index contributed by atoms with van der Waals surface area (Å²) in [6.07, 6.45) is 5.34. The van der Waals surface area contributed by atoms with E-state index in [1.165, 1.54) is 25.7 Å². The first-order valence-electron chi connectivity index (χ1n) is 6.10. The molecule has 0 amide bonds. The Labute approximate surface area is 88.8 Å². The van der Waals surface area contributed by atoms with Gasteiger partial charge in [0.25, 0.3) is 0 Å². The van der Waals surface area contributed by atoms with Crippen molar-refractivity contribution >= 4 is 0 Å². The molecule has 84 valence electrons. The molecule has 1 aliphatic rings. The summed E-state index contributed by atoms with van der Waals surface area (Å²) in [5.41, 5.74) is 0. The Balaban J connectivity index is 2.17. The first kappa shape index (κ1) is 12.0. The van der Waals surface area contributed by atoms with Gasteiger partial charge in [-0.3, -0.25) is 0 Å². The fraction of sp³-hybridized carbons (Fsp3) is 1.00. The van der Waals surface area contributed by atoms with Crippen molar-refractivity contribution < 1.29 is 0 Å². The van der Waals surface area contributed by atoms with Gasteiger partial charge in [-0.2, -0.15) is 0 Å². The lowest BCUT2D eigenvalue weighted by Crippen LogP contribution is -2.43. The maximum atomic E-state index is 3.63. The summed E-state index contributed by atoms with van der Waals surface area (Å²) < 4.78 is 0. The Bertz CT molecular complexity index is 128. The first-order chi connectivity index (χ1) is 6.58. The Morgan fingerprint density at radius 3 is 1.21 bits per heavy atom. The summed E-state index contributed by atoms with van der Waals surface area (Å²) in [4.78, 5) is 0. The zero-order chi connectivity index (χ0) is 10.6. The van der Waals surface area contributed by atoms with Gasteiger partial charge in [0.05, 0.1) is 0 Å². The molecule has 0 spiro atoms. The molecule has 0 atom stereocenters. The molecule has 1 fully saturated rings. The number of hydrogen-bond acceptors (Lipinski definition) is 2. The monoisotopic (exact) mass is 198 g/mol. The van der Waals surface area contributed by atoms with E-state index in [0.29, 0.717) is 12.1 Å². The summed E-state index contributed by atoms with van der Waals surface area (Å²) in [5, 5.41) is 7.26. The van der Waals surface area contributed by atoms with E-state index in [1.807, 2.05) is 0 Å². The molecule has 1 saturated carbocycles. The van der Waals surface area contributed by atoms with Crippen molar-refractivity contribution in [3.8, 4) is 0 Å². The first-order valence-corrected chi connectivity index (χ1v) is 6.10. The van der Waals surface area contributed by atoms with Crippen LogP contribution in [0.25, 0.3) is 0 Å². The van der Waals surface area contributed by atoms with Crippen LogP contribution in [0.4, 0.5) is 0 Å². The molecule has 0 radical (unpaired) electrons. The van der Waals surface area contributed by atoms with Crippen molar-refractivity contribution in [2.24, 2.45) is 0 Å². The van der Waals surface area contributed by atoms with Crippen molar-refractivity contribution in [1.29, 1.82) is 0 Å². The molecule has 0 bridgehead atoms. The third-order valence-electron chi connectivity index (χ3n) is 2.87. The maximum Gasteiger partial charge on any atom is 0.00705 e. The average molecular weight is 198 g/mol. The van der Waals surface area contributed by atoms with Crippen LogP contribution >= 0.6 is 0 Å². The Morgan fingerprint density at radius 1 is 0.714 bits per heavy atom. The number of rotatable bonds is 4. The van der Waals surface area contributed by atoms with Crippen molar-refractivity contribution in [3.63, 3.8) is 0 Å². The molecule has 0 saturated heterocycles. The van der Waals surface area contributed by atoms with Crippen LogP contribution in [0.5, 0.6) is 0 Å². The molecular weight excluding hydrogens is 172 g/mol. The van der Waals surface area contributed by atoms with Gasteiger partial charge in [-0.25, -0.2) is 0 Å². The van der Waals surface area contributed by atoms with Gasteiger partial charge in [-0.05, 0) is 25.7 Å². The van der Waals surface area contributed by atoms with E-state index < -0.39 is 0 Å². The van der Waals surface area contributed by atoms with Crippen LogP contribution in [0.2, 0.25) is 0 Å². The van der Waals surface area contributed by atoms with Gasteiger partial charge in [0.15, 0.2) is 0 Å². The van der Waals surface area contributed by atoms with E-state index in [4.69, 9.17) is 0 Å². The van der Waals surface area contributed by atoms with Crippen LogP contribution in [-0.2, 0) is 0 Å². The second kappa shape index (κ2) is 5.72. The highest BCUT2D eigenvalue weighted by Gasteiger charge is 2.21. The fourth-order valence-electron chi connectivity index (χ4n) is 2.37. The summed E-state index contributed by atoms with van der Waals surface area (Å²) >= 11 is 0. The highest BCUT2D eigenvalue weighted by Crippen LogP contribution is 2.19. The molecular formula is C12H26N2. The van der Waals surface area contributed by atoms with Gasteiger partial charge in [0, 0.05) is 24.2 Å². The molecule has 2 N–H and O–H groups in total. The average Bonchev–Trinajstić information content (AvgIpc) is 2.06. The second-order valence-corrected chi connectivity index (χ2v) is 5.19. The number of nitrogens with one attached hydrogen (secondary N) is 2. The highest BCUT2D eigenvalue weighted by molar-refractivity contribution is 4.82. The molecule has 2 nitrogen and oxygen atoms in total. The van der Waals surface area contributed by atoms with Gasteiger partial charge in [-0.15, -0.1) is 0 Å². The molecule has 0 aromatic heterocycles. The molecule has 0 aliphatic heterocycles. The van der Waals surface area contributed by atoms with Crippen LogP contribution in [0.15, 0.2) is 0 Å². The minimum absolute atomic E-state index is 0.634. The number of hydrogen-bond donors (Lipinski definition) is 2. The lowest BCUT2D eigenvalue weighted by Gasteiger charge is -2.32. The molecule has 14 heavy (non-hydrogen) atoms. The van der Waals surface area contributed by atoms with Crippen LogP contribution in [0, 0.1) is 0 Å². The van der Waals surface area contributed by atoms with Crippen LogP contribution in [0.1, 0.15) is 53.4 Å². The van der Waals surface area contributed by atoms with Crippen molar-refractivity contribution in [1.82, 2.24) is 10.6 Å². The fourth-order valence-corrected chi connectivity index (χ4v) is 2.37. The third-order valence-corrected chi connectivity index (χ3v) is 2.87. The Hall–Kier alpha value is -0.0800. The lowest BCUT2D eigenvalue weighted by molar-refractivity contribution is 0.286. The Kier molecular flexibility index (Phi) is 4.90. The molecule has 1 aliphatic carbocycles. The molecule has 0 aromatic carbocycles. The van der Waals surface area contributed by atoms with Crippen molar-refractivity contribution in [2.45, 2.75) is 77.5 Å². The third kappa shape index (κ3) is 4.43. The summed E-state index contributed by atoms with van der Waals surface area (Å²) in [6.45, 7) is 8.94. The minimum Gasteiger partial charge on any atom is -0.312 e. The Morgan fingerprint density at radius 2 is 1.00 bits per heavy atom. The molecule has 1 rings (SSSR count). The molecule has 0 heterocycles. The zero-order valence-electron chi connectivity index (χ0n) is 10.1. The molecule has 0 aromatic rings. The summed E-state index contributed by atoms with van der Waals surface area (Å²) in [5.74, 6) is 0. The van der Waals surface area contributed by atoms with E-state index in [-0.39, 0.29) is 0 Å². The smallest absolute Gasteiger partial charge is 0.00705 e. The standard InChI is InChI=1S/C12H26N2/c1-9(2)13-11-5-7-12(8-6-11)14-10(3)4/h9-14H,5-8H2,1-4H3/t11-,12+. The summed E-state index contributed by atoms with van der Waals surface area (Å²) in [7, 11) is 0. The molecule has 2 heteroatoms. The largest absolute Gasteiger partial charge is 0.312 e. The quantitative estimate of drug-likeness (QED) is 0.724. The van der Waals surface area contributed by atoms with E-state index in [1.54, 1.807) is 0 Å². The minimum atomic E-state index is 0.634. The maximum absolute atomic E-state index is 3.63. The van der Waals surface area contributed by atoms with Crippen LogP contribution < -0.4 is 10.6 Å². The zero-order valence-corrected chi connectivity index (χ0v) is 10.1. The topological polar surface area (TPSA) is 24.1 Å². The van der Waals surface area contributed by atoms with E-state index in [2.05, 4.69) is 38.3 Å². The van der Waals surface area contributed by atoms with Gasteiger partial charge < -0.3 is 10.6 Å². The lowest BCUT2D eigenvalue weighted by atomic mass is 9.90. The van der Waals surface area contributed by atoms with Crippen LogP contribution in [-0.4, -0.2) is 24.2 Å².